The van der Waals surface area contributed by atoms with E-state index in [9.17, 15) is 4.79 Å². The summed E-state index contributed by atoms with van der Waals surface area (Å²) >= 11 is 0. The largest absolute Gasteiger partial charge is 0.496 e. The Kier molecular flexibility index (Phi) is 6.46. The van der Waals surface area contributed by atoms with Crippen LogP contribution in [0.1, 0.15) is 53.3 Å². The second-order valence-electron chi connectivity index (χ2n) is 9.06. The van der Waals surface area contributed by atoms with E-state index in [4.69, 9.17) is 23.4 Å². The van der Waals surface area contributed by atoms with Crippen LogP contribution < -0.4 is 24.3 Å². The molecule has 0 radical (unpaired) electrons. The van der Waals surface area contributed by atoms with Crippen LogP contribution in [0.25, 0.3) is 0 Å². The van der Waals surface area contributed by atoms with Gasteiger partial charge in [0.2, 0.25) is 0 Å². The molecule has 1 amide bonds. The highest BCUT2D eigenvalue weighted by Crippen LogP contribution is 2.41. The minimum Gasteiger partial charge on any atom is -0.496 e. The molecule has 7 heteroatoms. The van der Waals surface area contributed by atoms with Crippen molar-refractivity contribution in [3.8, 4) is 23.0 Å². The fourth-order valence-electron chi connectivity index (χ4n) is 4.20. The second-order valence-corrected chi connectivity index (χ2v) is 9.06. The van der Waals surface area contributed by atoms with Gasteiger partial charge in [-0.05, 0) is 48.1 Å². The van der Waals surface area contributed by atoms with Crippen LogP contribution in [0, 0.1) is 6.92 Å². The SMILES string of the molecule is COc1cc(OC)c(NC(=O)c2ccc(Cc3cc4c(cc3C)OCCC4(C)C)o2)c(OC)c1. The van der Waals surface area contributed by atoms with Gasteiger partial charge in [-0.25, -0.2) is 0 Å². The lowest BCUT2D eigenvalue weighted by Gasteiger charge is -2.33. The molecule has 180 valence electrons. The highest BCUT2D eigenvalue weighted by atomic mass is 16.5. The summed E-state index contributed by atoms with van der Waals surface area (Å²) in [5, 5.41) is 2.83. The number of benzene rings is 2. The number of carbonyl (C=O) groups excluding carboxylic acids is 1. The van der Waals surface area contributed by atoms with Gasteiger partial charge in [-0.15, -0.1) is 0 Å². The summed E-state index contributed by atoms with van der Waals surface area (Å²) in [5.74, 6) is 2.87. The molecule has 1 aliphatic heterocycles. The van der Waals surface area contributed by atoms with E-state index >= 15 is 0 Å². The minimum absolute atomic E-state index is 0.0563. The minimum atomic E-state index is -0.398. The third kappa shape index (κ3) is 4.55. The molecule has 1 aliphatic rings. The maximum atomic E-state index is 13.0. The number of furan rings is 1. The molecule has 2 heterocycles. The average Bonchev–Trinajstić information content (AvgIpc) is 3.28. The highest BCUT2D eigenvalue weighted by molar-refractivity contribution is 6.04. The van der Waals surface area contributed by atoms with Crippen LogP contribution in [0.2, 0.25) is 0 Å². The predicted molar refractivity (Wildman–Crippen MR) is 130 cm³/mol. The zero-order valence-corrected chi connectivity index (χ0v) is 20.5. The van der Waals surface area contributed by atoms with Gasteiger partial charge in [0.25, 0.3) is 5.91 Å². The van der Waals surface area contributed by atoms with Gasteiger partial charge in [-0.2, -0.15) is 0 Å². The zero-order chi connectivity index (χ0) is 24.5. The molecule has 0 atom stereocenters. The Bertz CT molecular complexity index is 1180. The van der Waals surface area contributed by atoms with Crippen molar-refractivity contribution in [2.75, 3.05) is 33.3 Å². The molecule has 0 unspecified atom stereocenters. The van der Waals surface area contributed by atoms with Crippen LogP contribution >= 0.6 is 0 Å². The van der Waals surface area contributed by atoms with E-state index in [-0.39, 0.29) is 11.2 Å². The first-order valence-corrected chi connectivity index (χ1v) is 11.2. The molecule has 1 N–H and O–H groups in total. The summed E-state index contributed by atoms with van der Waals surface area (Å²) in [5.41, 5.74) is 3.95. The number of amides is 1. The highest BCUT2D eigenvalue weighted by Gasteiger charge is 2.29. The van der Waals surface area contributed by atoms with Gasteiger partial charge < -0.3 is 28.7 Å². The number of carbonyl (C=O) groups is 1. The summed E-state index contributed by atoms with van der Waals surface area (Å²) < 4.78 is 27.9. The Morgan fingerprint density at radius 1 is 1.03 bits per heavy atom. The molecular weight excluding hydrogens is 434 g/mol. The van der Waals surface area contributed by atoms with Gasteiger partial charge >= 0.3 is 0 Å². The Labute approximate surface area is 200 Å². The molecule has 34 heavy (non-hydrogen) atoms. The summed E-state index contributed by atoms with van der Waals surface area (Å²) in [6.07, 6.45) is 1.56. The van der Waals surface area contributed by atoms with Crippen LogP contribution in [-0.2, 0) is 11.8 Å². The lowest BCUT2D eigenvalue weighted by molar-refractivity contribution is 0.0994. The molecule has 1 aromatic heterocycles. The molecular formula is C27H31NO6. The Morgan fingerprint density at radius 2 is 1.74 bits per heavy atom. The van der Waals surface area contributed by atoms with Crippen molar-refractivity contribution in [3.63, 3.8) is 0 Å². The zero-order valence-electron chi connectivity index (χ0n) is 20.5. The molecule has 0 bridgehead atoms. The molecule has 0 aliphatic carbocycles. The summed E-state index contributed by atoms with van der Waals surface area (Å²) in [6.45, 7) is 7.29. The van der Waals surface area contributed by atoms with E-state index in [0.717, 1.165) is 29.9 Å². The fraction of sp³-hybridized carbons (Fsp3) is 0.370. The van der Waals surface area contributed by atoms with E-state index in [1.54, 1.807) is 25.3 Å². The number of methoxy groups -OCH3 is 3. The number of hydrogen-bond donors (Lipinski definition) is 1. The van der Waals surface area contributed by atoms with Crippen molar-refractivity contribution >= 4 is 11.6 Å². The van der Waals surface area contributed by atoms with Crippen molar-refractivity contribution in [3.05, 3.63) is 64.6 Å². The van der Waals surface area contributed by atoms with Gasteiger partial charge in [-0.1, -0.05) is 19.9 Å². The monoisotopic (exact) mass is 465 g/mol. The first-order valence-electron chi connectivity index (χ1n) is 11.2. The van der Waals surface area contributed by atoms with E-state index in [1.807, 2.05) is 6.07 Å². The Balaban J connectivity index is 1.56. The van der Waals surface area contributed by atoms with Gasteiger partial charge in [0, 0.05) is 24.1 Å². The van der Waals surface area contributed by atoms with Crippen molar-refractivity contribution in [2.45, 2.75) is 39.0 Å². The van der Waals surface area contributed by atoms with Crippen molar-refractivity contribution in [1.29, 1.82) is 0 Å². The van der Waals surface area contributed by atoms with Gasteiger partial charge in [-0.3, -0.25) is 4.79 Å². The average molecular weight is 466 g/mol. The van der Waals surface area contributed by atoms with E-state index < -0.39 is 5.91 Å². The van der Waals surface area contributed by atoms with E-state index in [2.05, 4.69) is 38.2 Å². The predicted octanol–water partition coefficient (Wildman–Crippen LogP) is 5.52. The Morgan fingerprint density at radius 3 is 2.38 bits per heavy atom. The molecule has 0 saturated heterocycles. The van der Waals surface area contributed by atoms with Crippen molar-refractivity contribution in [2.24, 2.45) is 0 Å². The standard InChI is InChI=1S/C27H31NO6/c1-16-11-22-20(27(2,3)9-10-33-22)13-17(16)12-18-7-8-21(34-18)26(29)28-25-23(31-5)14-19(30-4)15-24(25)32-6/h7-8,11,13-15H,9-10,12H2,1-6H3,(H,28,29). The number of ether oxygens (including phenoxy) is 4. The maximum Gasteiger partial charge on any atom is 0.291 e. The molecule has 0 fully saturated rings. The number of aryl methyl sites for hydroxylation is 1. The number of nitrogens with one attached hydrogen (secondary N) is 1. The first kappa shape index (κ1) is 23.5. The summed E-state index contributed by atoms with van der Waals surface area (Å²) in [4.78, 5) is 13.0. The third-order valence-electron chi connectivity index (χ3n) is 6.36. The Hall–Kier alpha value is -3.61. The van der Waals surface area contributed by atoms with Crippen LogP contribution in [0.4, 0.5) is 5.69 Å². The number of anilines is 1. The second kappa shape index (κ2) is 9.33. The quantitative estimate of drug-likeness (QED) is 0.495. The summed E-state index contributed by atoms with van der Waals surface area (Å²) in [7, 11) is 4.58. The number of fused-ring (bicyclic) bond motifs is 1. The molecule has 2 aromatic carbocycles. The van der Waals surface area contributed by atoms with Crippen molar-refractivity contribution < 1.29 is 28.2 Å². The van der Waals surface area contributed by atoms with Crippen molar-refractivity contribution in [1.82, 2.24) is 0 Å². The fourth-order valence-corrected chi connectivity index (χ4v) is 4.20. The van der Waals surface area contributed by atoms with Gasteiger partial charge in [0.1, 0.15) is 34.4 Å². The molecule has 4 rings (SSSR count). The third-order valence-corrected chi connectivity index (χ3v) is 6.36. The first-order chi connectivity index (χ1) is 16.2. The van der Waals surface area contributed by atoms with Crippen LogP contribution in [0.5, 0.6) is 23.0 Å². The normalized spacial score (nSPS) is 14.1. The molecule has 3 aromatic rings. The van der Waals surface area contributed by atoms with Crippen LogP contribution in [-0.4, -0.2) is 33.8 Å². The van der Waals surface area contributed by atoms with Crippen LogP contribution in [0.15, 0.2) is 40.8 Å². The maximum absolute atomic E-state index is 13.0. The molecule has 7 nitrogen and oxygen atoms in total. The number of rotatable bonds is 7. The topological polar surface area (TPSA) is 79.2 Å². The molecule has 0 spiro atoms. The summed E-state index contributed by atoms with van der Waals surface area (Å²) in [6, 6.07) is 11.2. The lowest BCUT2D eigenvalue weighted by Crippen LogP contribution is -2.27. The van der Waals surface area contributed by atoms with Gasteiger partial charge in [0.05, 0.1) is 27.9 Å². The van der Waals surface area contributed by atoms with E-state index in [0.29, 0.717) is 35.1 Å². The lowest BCUT2D eigenvalue weighted by atomic mass is 9.78. The van der Waals surface area contributed by atoms with Gasteiger partial charge in [0.15, 0.2) is 5.76 Å². The smallest absolute Gasteiger partial charge is 0.291 e. The number of hydrogen-bond acceptors (Lipinski definition) is 6. The molecule has 0 saturated carbocycles. The van der Waals surface area contributed by atoms with Crippen LogP contribution in [0.3, 0.4) is 0 Å². The van der Waals surface area contributed by atoms with E-state index in [1.165, 1.54) is 19.8 Å².